The standard InChI is InChI=1S/C14H27N3O/c1-5-9-15-13(7-6-12(2)18-4)11-14-8-10-17(3)16-14/h8,10,12-13,15H,5-7,9,11H2,1-4H3. The summed E-state index contributed by atoms with van der Waals surface area (Å²) in [7, 11) is 3.74. The SMILES string of the molecule is CCCNC(CCC(C)OC)Cc1ccn(C)n1. The van der Waals surface area contributed by atoms with Crippen molar-refractivity contribution in [3.8, 4) is 0 Å². The molecule has 104 valence electrons. The highest BCUT2D eigenvalue weighted by Crippen LogP contribution is 2.09. The quantitative estimate of drug-likeness (QED) is 0.733. The normalized spacial score (nSPS) is 14.7. The minimum Gasteiger partial charge on any atom is -0.382 e. The molecular formula is C14H27N3O. The number of ether oxygens (including phenoxy) is 1. The summed E-state index contributed by atoms with van der Waals surface area (Å²) in [5.41, 5.74) is 1.16. The van der Waals surface area contributed by atoms with Crippen molar-refractivity contribution in [1.29, 1.82) is 0 Å². The van der Waals surface area contributed by atoms with E-state index in [1.165, 1.54) is 6.42 Å². The van der Waals surface area contributed by atoms with Crippen LogP contribution < -0.4 is 5.32 Å². The summed E-state index contributed by atoms with van der Waals surface area (Å²) in [5.74, 6) is 0. The molecule has 0 saturated heterocycles. The maximum atomic E-state index is 5.31. The topological polar surface area (TPSA) is 39.1 Å². The van der Waals surface area contributed by atoms with Crippen LogP contribution in [0.5, 0.6) is 0 Å². The summed E-state index contributed by atoms with van der Waals surface area (Å²) >= 11 is 0. The summed E-state index contributed by atoms with van der Waals surface area (Å²) < 4.78 is 7.18. The van der Waals surface area contributed by atoms with Crippen LogP contribution in [-0.4, -0.2) is 35.6 Å². The zero-order valence-electron chi connectivity index (χ0n) is 12.1. The number of nitrogens with one attached hydrogen (secondary N) is 1. The van der Waals surface area contributed by atoms with Gasteiger partial charge in [0, 0.05) is 32.8 Å². The zero-order chi connectivity index (χ0) is 13.4. The van der Waals surface area contributed by atoms with Crippen LogP contribution in [0.15, 0.2) is 12.3 Å². The predicted molar refractivity (Wildman–Crippen MR) is 74.7 cm³/mol. The van der Waals surface area contributed by atoms with Crippen molar-refractivity contribution in [2.75, 3.05) is 13.7 Å². The van der Waals surface area contributed by atoms with Gasteiger partial charge in [0.15, 0.2) is 0 Å². The Labute approximate surface area is 111 Å². The van der Waals surface area contributed by atoms with E-state index in [1.54, 1.807) is 7.11 Å². The fraction of sp³-hybridized carbons (Fsp3) is 0.786. The van der Waals surface area contributed by atoms with Gasteiger partial charge in [-0.3, -0.25) is 4.68 Å². The Bertz CT molecular complexity index is 325. The molecule has 0 aromatic carbocycles. The lowest BCUT2D eigenvalue weighted by Crippen LogP contribution is -2.32. The Morgan fingerprint density at radius 3 is 2.78 bits per heavy atom. The molecule has 1 N–H and O–H groups in total. The third-order valence-corrected chi connectivity index (χ3v) is 3.23. The van der Waals surface area contributed by atoms with E-state index in [-0.39, 0.29) is 0 Å². The third-order valence-electron chi connectivity index (χ3n) is 3.23. The molecule has 4 heteroatoms. The Kier molecular flexibility index (Phi) is 6.98. The van der Waals surface area contributed by atoms with Gasteiger partial charge in [-0.1, -0.05) is 6.92 Å². The highest BCUT2D eigenvalue weighted by molar-refractivity contribution is 5.01. The molecule has 2 atom stereocenters. The second-order valence-corrected chi connectivity index (χ2v) is 4.96. The van der Waals surface area contributed by atoms with E-state index in [1.807, 2.05) is 17.9 Å². The van der Waals surface area contributed by atoms with Gasteiger partial charge in [-0.15, -0.1) is 0 Å². The second-order valence-electron chi connectivity index (χ2n) is 4.96. The van der Waals surface area contributed by atoms with Crippen LogP contribution in [-0.2, 0) is 18.2 Å². The van der Waals surface area contributed by atoms with Gasteiger partial charge in [0.2, 0.25) is 0 Å². The molecule has 2 unspecified atom stereocenters. The van der Waals surface area contributed by atoms with Crippen molar-refractivity contribution in [3.05, 3.63) is 18.0 Å². The highest BCUT2D eigenvalue weighted by atomic mass is 16.5. The van der Waals surface area contributed by atoms with Gasteiger partial charge in [0.1, 0.15) is 0 Å². The van der Waals surface area contributed by atoms with Crippen LogP contribution in [0.1, 0.15) is 38.8 Å². The summed E-state index contributed by atoms with van der Waals surface area (Å²) in [5, 5.41) is 8.05. The lowest BCUT2D eigenvalue weighted by atomic mass is 10.0. The Morgan fingerprint density at radius 2 is 2.22 bits per heavy atom. The van der Waals surface area contributed by atoms with E-state index in [2.05, 4.69) is 30.3 Å². The van der Waals surface area contributed by atoms with Crippen LogP contribution >= 0.6 is 0 Å². The zero-order valence-corrected chi connectivity index (χ0v) is 12.1. The molecule has 1 heterocycles. The first-order valence-corrected chi connectivity index (χ1v) is 6.90. The van der Waals surface area contributed by atoms with Crippen molar-refractivity contribution < 1.29 is 4.74 Å². The van der Waals surface area contributed by atoms with Gasteiger partial charge in [0.25, 0.3) is 0 Å². The first-order chi connectivity index (χ1) is 8.65. The van der Waals surface area contributed by atoms with Crippen molar-refractivity contribution in [2.24, 2.45) is 7.05 Å². The van der Waals surface area contributed by atoms with E-state index >= 15 is 0 Å². The molecule has 4 nitrogen and oxygen atoms in total. The van der Waals surface area contributed by atoms with E-state index < -0.39 is 0 Å². The van der Waals surface area contributed by atoms with Crippen LogP contribution in [0.3, 0.4) is 0 Å². The molecule has 18 heavy (non-hydrogen) atoms. The molecule has 0 saturated carbocycles. The first-order valence-electron chi connectivity index (χ1n) is 6.90. The number of rotatable bonds is 9. The summed E-state index contributed by atoms with van der Waals surface area (Å²) in [4.78, 5) is 0. The molecule has 0 fully saturated rings. The average Bonchev–Trinajstić information content (AvgIpc) is 2.77. The summed E-state index contributed by atoms with van der Waals surface area (Å²) in [6, 6.07) is 2.60. The largest absolute Gasteiger partial charge is 0.382 e. The lowest BCUT2D eigenvalue weighted by Gasteiger charge is -2.19. The third kappa shape index (κ3) is 5.65. The van der Waals surface area contributed by atoms with E-state index in [0.717, 1.165) is 31.5 Å². The molecule has 1 rings (SSSR count). The fourth-order valence-corrected chi connectivity index (χ4v) is 2.00. The number of aryl methyl sites for hydroxylation is 1. The van der Waals surface area contributed by atoms with Gasteiger partial charge in [-0.2, -0.15) is 5.10 Å². The number of aromatic nitrogens is 2. The van der Waals surface area contributed by atoms with E-state index in [4.69, 9.17) is 4.74 Å². The predicted octanol–water partition coefficient (Wildman–Crippen LogP) is 2.15. The molecule has 0 bridgehead atoms. The molecular weight excluding hydrogens is 226 g/mol. The van der Waals surface area contributed by atoms with Crippen LogP contribution in [0.25, 0.3) is 0 Å². The van der Waals surface area contributed by atoms with Crippen molar-refractivity contribution in [3.63, 3.8) is 0 Å². The molecule has 1 aromatic heterocycles. The van der Waals surface area contributed by atoms with Crippen molar-refractivity contribution in [1.82, 2.24) is 15.1 Å². The van der Waals surface area contributed by atoms with Crippen LogP contribution in [0.2, 0.25) is 0 Å². The van der Waals surface area contributed by atoms with Crippen molar-refractivity contribution in [2.45, 2.75) is 51.7 Å². The van der Waals surface area contributed by atoms with Gasteiger partial charge >= 0.3 is 0 Å². The fourth-order valence-electron chi connectivity index (χ4n) is 2.00. The molecule has 0 aliphatic heterocycles. The highest BCUT2D eigenvalue weighted by Gasteiger charge is 2.12. The maximum absolute atomic E-state index is 5.31. The molecule has 0 amide bonds. The van der Waals surface area contributed by atoms with Crippen molar-refractivity contribution >= 4 is 0 Å². The van der Waals surface area contributed by atoms with Crippen LogP contribution in [0.4, 0.5) is 0 Å². The van der Waals surface area contributed by atoms with Gasteiger partial charge in [-0.25, -0.2) is 0 Å². The smallest absolute Gasteiger partial charge is 0.0639 e. The van der Waals surface area contributed by atoms with Gasteiger partial charge < -0.3 is 10.1 Å². The molecule has 0 aliphatic rings. The monoisotopic (exact) mass is 253 g/mol. The minimum absolute atomic E-state index is 0.333. The minimum atomic E-state index is 0.333. The Balaban J connectivity index is 2.44. The lowest BCUT2D eigenvalue weighted by molar-refractivity contribution is 0.106. The summed E-state index contributed by atoms with van der Waals surface area (Å²) in [6.07, 6.45) is 6.72. The average molecular weight is 253 g/mol. The number of hydrogen-bond acceptors (Lipinski definition) is 3. The number of methoxy groups -OCH3 is 1. The molecule has 0 spiro atoms. The summed E-state index contributed by atoms with van der Waals surface area (Å²) in [6.45, 7) is 5.39. The Hall–Kier alpha value is -0.870. The van der Waals surface area contributed by atoms with Crippen LogP contribution in [0, 0.1) is 0 Å². The first kappa shape index (κ1) is 15.2. The number of nitrogens with zero attached hydrogens (tertiary/aromatic N) is 2. The van der Waals surface area contributed by atoms with E-state index in [0.29, 0.717) is 12.1 Å². The van der Waals surface area contributed by atoms with E-state index in [9.17, 15) is 0 Å². The van der Waals surface area contributed by atoms with Gasteiger partial charge in [0.05, 0.1) is 11.8 Å². The Morgan fingerprint density at radius 1 is 1.44 bits per heavy atom. The molecule has 0 radical (unpaired) electrons. The molecule has 1 aromatic rings. The maximum Gasteiger partial charge on any atom is 0.0639 e. The second kappa shape index (κ2) is 8.27. The van der Waals surface area contributed by atoms with Gasteiger partial charge in [-0.05, 0) is 38.8 Å². The number of hydrogen-bond donors (Lipinski definition) is 1. The molecule has 0 aliphatic carbocycles.